The largest absolute Gasteiger partial charge is 0.465 e. The van der Waals surface area contributed by atoms with Crippen molar-refractivity contribution in [1.29, 1.82) is 0 Å². The Hall–Kier alpha value is -1.91. The van der Waals surface area contributed by atoms with Crippen LogP contribution in [0.25, 0.3) is 0 Å². The van der Waals surface area contributed by atoms with Crippen LogP contribution in [0.15, 0.2) is 12.1 Å². The first-order valence-corrected chi connectivity index (χ1v) is 5.51. The van der Waals surface area contributed by atoms with Gasteiger partial charge in [-0.05, 0) is 31.5 Å². The van der Waals surface area contributed by atoms with Crippen LogP contribution in [0.1, 0.15) is 29.8 Å². The molecule has 18 heavy (non-hydrogen) atoms. The van der Waals surface area contributed by atoms with Gasteiger partial charge in [0.05, 0.1) is 18.1 Å². The number of nitrogens with zero attached hydrogens (tertiary/aromatic N) is 1. The van der Waals surface area contributed by atoms with Crippen molar-refractivity contribution in [2.75, 3.05) is 19.1 Å². The fourth-order valence-corrected chi connectivity index (χ4v) is 2.25. The lowest BCUT2D eigenvalue weighted by Gasteiger charge is -2.16. The lowest BCUT2D eigenvalue weighted by atomic mass is 9.85. The average molecular weight is 251 g/mol. The lowest BCUT2D eigenvalue weighted by molar-refractivity contribution is -0.121. The minimum Gasteiger partial charge on any atom is -0.465 e. The molecule has 0 aliphatic carbocycles. The predicted octanol–water partition coefficient (Wildman–Crippen LogP) is 1.87. The van der Waals surface area contributed by atoms with E-state index < -0.39 is 17.2 Å². The lowest BCUT2D eigenvalue weighted by Crippen LogP contribution is -2.33. The van der Waals surface area contributed by atoms with Crippen LogP contribution in [-0.2, 0) is 14.9 Å². The normalized spacial score (nSPS) is 16.7. The summed E-state index contributed by atoms with van der Waals surface area (Å²) >= 11 is 0. The first-order chi connectivity index (χ1) is 8.30. The van der Waals surface area contributed by atoms with Gasteiger partial charge in [0.2, 0.25) is 5.91 Å². The van der Waals surface area contributed by atoms with Crippen LogP contribution < -0.4 is 4.90 Å². The van der Waals surface area contributed by atoms with Crippen LogP contribution in [0.2, 0.25) is 0 Å². The molecule has 0 N–H and O–H groups in total. The van der Waals surface area contributed by atoms with Crippen LogP contribution >= 0.6 is 0 Å². The molecule has 0 radical (unpaired) electrons. The van der Waals surface area contributed by atoms with E-state index in [9.17, 15) is 14.0 Å². The Labute approximate surface area is 104 Å². The number of anilines is 1. The van der Waals surface area contributed by atoms with Crippen LogP contribution in [0.5, 0.6) is 0 Å². The Morgan fingerprint density at radius 1 is 1.39 bits per heavy atom. The molecule has 0 bridgehead atoms. The quantitative estimate of drug-likeness (QED) is 0.716. The van der Waals surface area contributed by atoms with Crippen LogP contribution in [0.4, 0.5) is 10.1 Å². The fourth-order valence-electron chi connectivity index (χ4n) is 2.25. The van der Waals surface area contributed by atoms with Crippen molar-refractivity contribution in [3.8, 4) is 0 Å². The van der Waals surface area contributed by atoms with Crippen molar-refractivity contribution < 1.29 is 18.7 Å². The molecule has 1 aromatic carbocycles. The summed E-state index contributed by atoms with van der Waals surface area (Å²) in [6, 6.07) is 2.60. The highest BCUT2D eigenvalue weighted by Gasteiger charge is 2.43. The summed E-state index contributed by atoms with van der Waals surface area (Å²) in [5.74, 6) is -1.54. The summed E-state index contributed by atoms with van der Waals surface area (Å²) in [6.45, 7) is 3.46. The Kier molecular flexibility index (Phi) is 2.65. The van der Waals surface area contributed by atoms with Gasteiger partial charge < -0.3 is 9.64 Å². The van der Waals surface area contributed by atoms with Crippen molar-refractivity contribution in [3.05, 3.63) is 29.1 Å². The second-order valence-corrected chi connectivity index (χ2v) is 4.83. The number of benzene rings is 1. The zero-order chi connectivity index (χ0) is 13.7. The molecule has 2 rings (SSSR count). The Morgan fingerprint density at radius 2 is 2.00 bits per heavy atom. The molecule has 1 aliphatic rings. The summed E-state index contributed by atoms with van der Waals surface area (Å²) in [6.07, 6.45) is 0. The van der Waals surface area contributed by atoms with Gasteiger partial charge >= 0.3 is 5.97 Å². The molecule has 0 unspecified atom stereocenters. The molecule has 1 amide bonds. The number of esters is 1. The molecule has 1 aliphatic heterocycles. The molecule has 0 saturated heterocycles. The second-order valence-electron chi connectivity index (χ2n) is 4.83. The third-order valence-corrected chi connectivity index (χ3v) is 3.36. The van der Waals surface area contributed by atoms with Gasteiger partial charge in [0.25, 0.3) is 0 Å². The van der Waals surface area contributed by atoms with Crippen molar-refractivity contribution in [1.82, 2.24) is 0 Å². The summed E-state index contributed by atoms with van der Waals surface area (Å²) in [7, 11) is 2.79. The average Bonchev–Trinajstić information content (AvgIpc) is 2.49. The summed E-state index contributed by atoms with van der Waals surface area (Å²) in [4.78, 5) is 24.9. The standard InChI is InChI=1S/C13H14FNO3/c1-13(2)8-6-9(14)7(11(16)18-4)5-10(8)15(3)12(13)17/h5-6H,1-4H3. The van der Waals surface area contributed by atoms with E-state index in [2.05, 4.69) is 4.74 Å². The SMILES string of the molecule is COC(=O)c1cc2c(cc1F)C(C)(C)C(=O)N2C. The zero-order valence-electron chi connectivity index (χ0n) is 10.7. The highest BCUT2D eigenvalue weighted by Crippen LogP contribution is 2.41. The van der Waals surface area contributed by atoms with Gasteiger partial charge in [-0.2, -0.15) is 0 Å². The van der Waals surface area contributed by atoms with E-state index in [-0.39, 0.29) is 11.5 Å². The van der Waals surface area contributed by atoms with E-state index in [1.807, 2.05) is 0 Å². The predicted molar refractivity (Wildman–Crippen MR) is 64.2 cm³/mol. The Bertz CT molecular complexity index is 551. The number of rotatable bonds is 1. The number of ether oxygens (including phenoxy) is 1. The van der Waals surface area contributed by atoms with E-state index in [0.717, 1.165) is 0 Å². The highest BCUT2D eigenvalue weighted by atomic mass is 19.1. The summed E-state index contributed by atoms with van der Waals surface area (Å²) in [5, 5.41) is 0. The smallest absolute Gasteiger partial charge is 0.340 e. The minimum atomic E-state index is -0.778. The van der Waals surface area contributed by atoms with Gasteiger partial charge in [-0.15, -0.1) is 0 Å². The maximum Gasteiger partial charge on any atom is 0.340 e. The number of fused-ring (bicyclic) bond motifs is 1. The first-order valence-electron chi connectivity index (χ1n) is 5.51. The molecule has 96 valence electrons. The molecular weight excluding hydrogens is 237 g/mol. The van der Waals surface area contributed by atoms with Gasteiger partial charge in [-0.1, -0.05) is 0 Å². The van der Waals surface area contributed by atoms with E-state index >= 15 is 0 Å². The number of likely N-dealkylation sites (N-methyl/N-ethyl adjacent to an activating group) is 1. The minimum absolute atomic E-state index is 0.126. The number of amides is 1. The van der Waals surface area contributed by atoms with Crippen LogP contribution in [0, 0.1) is 5.82 Å². The van der Waals surface area contributed by atoms with E-state index in [0.29, 0.717) is 11.3 Å². The van der Waals surface area contributed by atoms with Crippen LogP contribution in [0.3, 0.4) is 0 Å². The third-order valence-electron chi connectivity index (χ3n) is 3.36. The number of hydrogen-bond donors (Lipinski definition) is 0. The third kappa shape index (κ3) is 1.50. The molecule has 4 nitrogen and oxygen atoms in total. The molecule has 0 aromatic heterocycles. The fraction of sp³-hybridized carbons (Fsp3) is 0.385. The molecule has 0 saturated carbocycles. The zero-order valence-corrected chi connectivity index (χ0v) is 10.7. The van der Waals surface area contributed by atoms with Crippen molar-refractivity contribution in [2.45, 2.75) is 19.3 Å². The van der Waals surface area contributed by atoms with E-state index in [4.69, 9.17) is 0 Å². The Balaban J connectivity index is 2.66. The molecule has 1 aromatic rings. The monoisotopic (exact) mass is 251 g/mol. The van der Waals surface area contributed by atoms with Gasteiger partial charge in [0.15, 0.2) is 0 Å². The Morgan fingerprint density at radius 3 is 2.56 bits per heavy atom. The number of hydrogen-bond acceptors (Lipinski definition) is 3. The highest BCUT2D eigenvalue weighted by molar-refractivity contribution is 6.08. The van der Waals surface area contributed by atoms with Crippen molar-refractivity contribution in [2.24, 2.45) is 0 Å². The topological polar surface area (TPSA) is 46.6 Å². The van der Waals surface area contributed by atoms with Gasteiger partial charge in [0, 0.05) is 12.7 Å². The maximum absolute atomic E-state index is 13.8. The van der Waals surface area contributed by atoms with E-state index in [1.54, 1.807) is 20.9 Å². The second kappa shape index (κ2) is 3.80. The number of halogens is 1. The van der Waals surface area contributed by atoms with Crippen molar-refractivity contribution in [3.63, 3.8) is 0 Å². The van der Waals surface area contributed by atoms with Gasteiger partial charge in [0.1, 0.15) is 5.82 Å². The maximum atomic E-state index is 13.8. The van der Waals surface area contributed by atoms with Gasteiger partial charge in [-0.25, -0.2) is 9.18 Å². The van der Waals surface area contributed by atoms with Gasteiger partial charge in [-0.3, -0.25) is 4.79 Å². The number of carbonyl (C=O) groups excluding carboxylic acids is 2. The van der Waals surface area contributed by atoms with E-state index in [1.165, 1.54) is 24.1 Å². The van der Waals surface area contributed by atoms with Crippen molar-refractivity contribution >= 4 is 17.6 Å². The molecular formula is C13H14FNO3. The first kappa shape index (κ1) is 12.5. The molecule has 0 atom stereocenters. The summed E-state index contributed by atoms with van der Waals surface area (Å²) in [5.41, 5.74) is 0.195. The van der Waals surface area contributed by atoms with Crippen LogP contribution in [-0.4, -0.2) is 26.0 Å². The molecule has 5 heteroatoms. The molecule has 0 fully saturated rings. The number of carbonyl (C=O) groups is 2. The molecule has 1 heterocycles. The number of methoxy groups -OCH3 is 1. The summed E-state index contributed by atoms with van der Waals surface area (Å²) < 4.78 is 18.4. The molecule has 0 spiro atoms.